The van der Waals surface area contributed by atoms with Crippen LogP contribution in [0.3, 0.4) is 0 Å². The second kappa shape index (κ2) is 8.49. The van der Waals surface area contributed by atoms with Crippen LogP contribution in [0.25, 0.3) is 0 Å². The molecule has 1 heterocycles. The number of rotatable bonds is 5. The molecule has 0 aliphatic heterocycles. The number of esters is 1. The summed E-state index contributed by atoms with van der Waals surface area (Å²) in [6, 6.07) is 5.84. The average molecular weight is 419 g/mol. The first-order valence-corrected chi connectivity index (χ1v) is 9.61. The van der Waals surface area contributed by atoms with Gasteiger partial charge in [-0.25, -0.2) is 9.78 Å². The summed E-state index contributed by atoms with van der Waals surface area (Å²) in [6.07, 6.45) is 8.02. The zero-order chi connectivity index (χ0) is 18.5. The number of nitrogens with zero attached hydrogens (tertiary/aromatic N) is 2. The molecule has 26 heavy (non-hydrogen) atoms. The van der Waals surface area contributed by atoms with Crippen molar-refractivity contribution in [1.29, 1.82) is 0 Å². The van der Waals surface area contributed by atoms with E-state index in [1.807, 2.05) is 13.0 Å². The predicted octanol–water partition coefficient (Wildman–Crippen LogP) is 4.82. The van der Waals surface area contributed by atoms with Gasteiger partial charge in [-0.05, 0) is 53.9 Å². The van der Waals surface area contributed by atoms with Gasteiger partial charge < -0.3 is 15.4 Å². The van der Waals surface area contributed by atoms with Crippen LogP contribution in [0, 0.1) is 6.92 Å². The first-order valence-electron chi connectivity index (χ1n) is 8.82. The number of anilines is 3. The number of methoxy groups -OCH3 is 1. The molecular formula is C19H23BrN4O2. The van der Waals surface area contributed by atoms with Crippen LogP contribution in [0.2, 0.25) is 0 Å². The minimum atomic E-state index is -0.398. The van der Waals surface area contributed by atoms with Gasteiger partial charge in [0.05, 0.1) is 12.7 Å². The first-order chi connectivity index (χ1) is 12.6. The standard InChI is InChI=1S/C19H23BrN4O2/c1-12-11-21-19(24-17(12)22-13-6-4-3-5-7-13)23-14-8-9-16(20)15(10-14)18(25)26-2/h8-11,13H,3-7H2,1-2H3,(H2,21,22,23,24). The van der Waals surface area contributed by atoms with Crippen LogP contribution in [0.4, 0.5) is 17.5 Å². The number of halogens is 1. The maximum absolute atomic E-state index is 11.8. The maximum Gasteiger partial charge on any atom is 0.339 e. The monoisotopic (exact) mass is 418 g/mol. The Balaban J connectivity index is 1.77. The molecule has 2 aromatic rings. The van der Waals surface area contributed by atoms with Crippen LogP contribution in [-0.2, 0) is 4.74 Å². The van der Waals surface area contributed by atoms with Gasteiger partial charge in [-0.3, -0.25) is 0 Å². The van der Waals surface area contributed by atoms with Crippen molar-refractivity contribution in [3.63, 3.8) is 0 Å². The van der Waals surface area contributed by atoms with Crippen molar-refractivity contribution in [1.82, 2.24) is 9.97 Å². The van der Waals surface area contributed by atoms with E-state index in [4.69, 9.17) is 4.74 Å². The summed E-state index contributed by atoms with van der Waals surface area (Å²) in [5.74, 6) is 0.955. The molecule has 138 valence electrons. The zero-order valence-electron chi connectivity index (χ0n) is 15.0. The minimum Gasteiger partial charge on any atom is -0.465 e. The van der Waals surface area contributed by atoms with Crippen molar-refractivity contribution in [3.05, 3.63) is 40.0 Å². The highest BCUT2D eigenvalue weighted by molar-refractivity contribution is 9.10. The number of nitrogens with one attached hydrogen (secondary N) is 2. The fourth-order valence-corrected chi connectivity index (χ4v) is 3.50. The highest BCUT2D eigenvalue weighted by Gasteiger charge is 2.16. The molecule has 1 aromatic heterocycles. The van der Waals surface area contributed by atoms with Crippen molar-refractivity contribution >= 4 is 39.4 Å². The second-order valence-corrected chi connectivity index (χ2v) is 7.37. The Labute approximate surface area is 161 Å². The van der Waals surface area contributed by atoms with Crippen molar-refractivity contribution in [2.24, 2.45) is 0 Å². The van der Waals surface area contributed by atoms with Crippen LogP contribution in [0.5, 0.6) is 0 Å². The van der Waals surface area contributed by atoms with Gasteiger partial charge in [-0.2, -0.15) is 4.98 Å². The number of aryl methyl sites for hydroxylation is 1. The SMILES string of the molecule is COC(=O)c1cc(Nc2ncc(C)c(NC3CCCCC3)n2)ccc1Br. The molecule has 0 atom stereocenters. The van der Waals surface area contributed by atoms with Crippen molar-refractivity contribution in [3.8, 4) is 0 Å². The molecule has 1 aliphatic carbocycles. The fourth-order valence-electron chi connectivity index (χ4n) is 3.09. The van der Waals surface area contributed by atoms with Gasteiger partial charge in [-0.1, -0.05) is 19.3 Å². The van der Waals surface area contributed by atoms with Crippen molar-refractivity contribution < 1.29 is 9.53 Å². The van der Waals surface area contributed by atoms with Crippen molar-refractivity contribution in [2.45, 2.75) is 45.1 Å². The Bertz CT molecular complexity index is 791. The second-order valence-electron chi connectivity index (χ2n) is 6.52. The van der Waals surface area contributed by atoms with Crippen LogP contribution in [0.1, 0.15) is 48.0 Å². The van der Waals surface area contributed by atoms with Gasteiger partial charge in [0.25, 0.3) is 0 Å². The molecule has 1 saturated carbocycles. The highest BCUT2D eigenvalue weighted by atomic mass is 79.9. The summed E-state index contributed by atoms with van der Waals surface area (Å²) >= 11 is 3.36. The minimum absolute atomic E-state index is 0.398. The summed E-state index contributed by atoms with van der Waals surface area (Å²) < 4.78 is 5.48. The third-order valence-corrected chi connectivity index (χ3v) is 5.24. The van der Waals surface area contributed by atoms with E-state index in [1.54, 1.807) is 18.3 Å². The molecule has 2 N–H and O–H groups in total. The quantitative estimate of drug-likeness (QED) is 0.677. The van der Waals surface area contributed by atoms with Crippen LogP contribution >= 0.6 is 15.9 Å². The molecule has 0 amide bonds. The third kappa shape index (κ3) is 4.52. The molecular weight excluding hydrogens is 396 g/mol. The molecule has 0 radical (unpaired) electrons. The van der Waals surface area contributed by atoms with Gasteiger partial charge in [0.1, 0.15) is 5.82 Å². The molecule has 1 aliphatic rings. The Morgan fingerprint density at radius 1 is 1.27 bits per heavy atom. The van der Waals surface area contributed by atoms with E-state index in [0.29, 0.717) is 22.0 Å². The Morgan fingerprint density at radius 3 is 2.77 bits per heavy atom. The lowest BCUT2D eigenvalue weighted by atomic mass is 9.95. The van der Waals surface area contributed by atoms with Crippen LogP contribution < -0.4 is 10.6 Å². The average Bonchev–Trinajstić information content (AvgIpc) is 2.66. The van der Waals surface area contributed by atoms with Crippen LogP contribution in [0.15, 0.2) is 28.9 Å². The van der Waals surface area contributed by atoms with E-state index < -0.39 is 5.97 Å². The summed E-state index contributed by atoms with van der Waals surface area (Å²) in [4.78, 5) is 20.8. The molecule has 3 rings (SSSR count). The summed E-state index contributed by atoms with van der Waals surface area (Å²) in [6.45, 7) is 2.00. The molecule has 0 unspecified atom stereocenters. The molecule has 0 bridgehead atoms. The molecule has 1 aromatic carbocycles. The lowest BCUT2D eigenvalue weighted by molar-refractivity contribution is 0.0599. The third-order valence-electron chi connectivity index (χ3n) is 4.55. The predicted molar refractivity (Wildman–Crippen MR) is 106 cm³/mol. The smallest absolute Gasteiger partial charge is 0.339 e. The molecule has 1 fully saturated rings. The number of ether oxygens (including phenoxy) is 1. The first kappa shape index (κ1) is 18.6. The van der Waals surface area contributed by atoms with E-state index in [1.165, 1.54) is 39.2 Å². The van der Waals surface area contributed by atoms with Gasteiger partial charge in [-0.15, -0.1) is 0 Å². The summed E-state index contributed by atoms with van der Waals surface area (Å²) in [7, 11) is 1.36. The van der Waals surface area contributed by atoms with Crippen LogP contribution in [-0.4, -0.2) is 29.1 Å². The molecule has 0 spiro atoms. The Kier molecular flexibility index (Phi) is 6.08. The molecule has 7 heteroatoms. The van der Waals surface area contributed by atoms with Gasteiger partial charge in [0, 0.05) is 28.0 Å². The fraction of sp³-hybridized carbons (Fsp3) is 0.421. The Hall–Kier alpha value is -2.15. The summed E-state index contributed by atoms with van der Waals surface area (Å²) in [5.41, 5.74) is 2.19. The van der Waals surface area contributed by atoms with Gasteiger partial charge >= 0.3 is 5.97 Å². The van der Waals surface area contributed by atoms with E-state index in [9.17, 15) is 4.79 Å². The van der Waals surface area contributed by atoms with E-state index >= 15 is 0 Å². The van der Waals surface area contributed by atoms with Gasteiger partial charge in [0.2, 0.25) is 5.95 Å². The van der Waals surface area contributed by atoms with E-state index in [-0.39, 0.29) is 0 Å². The highest BCUT2D eigenvalue weighted by Crippen LogP contribution is 2.25. The zero-order valence-corrected chi connectivity index (χ0v) is 16.6. The number of benzene rings is 1. The molecule has 6 nitrogen and oxygen atoms in total. The number of carbonyl (C=O) groups is 1. The Morgan fingerprint density at radius 2 is 2.04 bits per heavy atom. The lowest BCUT2D eigenvalue weighted by Crippen LogP contribution is -2.23. The largest absolute Gasteiger partial charge is 0.465 e. The van der Waals surface area contributed by atoms with E-state index in [0.717, 1.165) is 17.1 Å². The van der Waals surface area contributed by atoms with E-state index in [2.05, 4.69) is 36.5 Å². The summed E-state index contributed by atoms with van der Waals surface area (Å²) in [5, 5.41) is 6.71. The molecule has 0 saturated heterocycles. The maximum atomic E-state index is 11.8. The number of aromatic nitrogens is 2. The number of hydrogen-bond acceptors (Lipinski definition) is 6. The normalized spacial score (nSPS) is 14.7. The number of hydrogen-bond donors (Lipinski definition) is 2. The van der Waals surface area contributed by atoms with Crippen molar-refractivity contribution in [2.75, 3.05) is 17.7 Å². The number of carbonyl (C=O) groups excluding carboxylic acids is 1. The topological polar surface area (TPSA) is 76.1 Å². The lowest BCUT2D eigenvalue weighted by Gasteiger charge is -2.24. The van der Waals surface area contributed by atoms with Gasteiger partial charge in [0.15, 0.2) is 0 Å².